The SMILES string of the molecule is O=C1CCCN1Cc1cc2ccccc2nc1Cl. The van der Waals surface area contributed by atoms with Gasteiger partial charge in [0.05, 0.1) is 5.52 Å². The smallest absolute Gasteiger partial charge is 0.222 e. The molecule has 0 N–H and O–H groups in total. The fraction of sp³-hybridized carbons (Fsp3) is 0.286. The predicted molar refractivity (Wildman–Crippen MR) is 71.4 cm³/mol. The predicted octanol–water partition coefficient (Wildman–Crippen LogP) is 3.01. The second kappa shape index (κ2) is 4.58. The lowest BCUT2D eigenvalue weighted by Crippen LogP contribution is -2.24. The number of hydrogen-bond donors (Lipinski definition) is 0. The van der Waals surface area contributed by atoms with Crippen LogP contribution in [0.5, 0.6) is 0 Å². The summed E-state index contributed by atoms with van der Waals surface area (Å²) in [5.41, 5.74) is 1.81. The summed E-state index contributed by atoms with van der Waals surface area (Å²) >= 11 is 6.18. The van der Waals surface area contributed by atoms with Crippen molar-refractivity contribution < 1.29 is 4.79 Å². The van der Waals surface area contributed by atoms with Gasteiger partial charge in [-0.25, -0.2) is 4.98 Å². The minimum absolute atomic E-state index is 0.208. The Bertz CT molecular complexity index is 612. The molecule has 1 amide bonds. The van der Waals surface area contributed by atoms with Crippen LogP contribution in [-0.2, 0) is 11.3 Å². The van der Waals surface area contributed by atoms with Gasteiger partial charge in [-0.15, -0.1) is 0 Å². The van der Waals surface area contributed by atoms with Gasteiger partial charge in [-0.1, -0.05) is 29.8 Å². The number of rotatable bonds is 2. The zero-order valence-electron chi connectivity index (χ0n) is 9.90. The van der Waals surface area contributed by atoms with Crippen LogP contribution in [-0.4, -0.2) is 22.3 Å². The Balaban J connectivity index is 1.96. The van der Waals surface area contributed by atoms with Crippen molar-refractivity contribution in [3.63, 3.8) is 0 Å². The van der Waals surface area contributed by atoms with E-state index in [1.807, 2.05) is 35.2 Å². The van der Waals surface area contributed by atoms with E-state index in [-0.39, 0.29) is 5.91 Å². The normalized spacial score (nSPS) is 15.6. The van der Waals surface area contributed by atoms with Crippen molar-refractivity contribution in [1.29, 1.82) is 0 Å². The highest BCUT2D eigenvalue weighted by Crippen LogP contribution is 2.23. The van der Waals surface area contributed by atoms with E-state index in [2.05, 4.69) is 4.98 Å². The van der Waals surface area contributed by atoms with E-state index in [0.29, 0.717) is 18.1 Å². The van der Waals surface area contributed by atoms with Gasteiger partial charge in [0.15, 0.2) is 0 Å². The van der Waals surface area contributed by atoms with Crippen molar-refractivity contribution in [2.24, 2.45) is 0 Å². The molecule has 3 nitrogen and oxygen atoms in total. The van der Waals surface area contributed by atoms with Gasteiger partial charge in [-0.05, 0) is 18.6 Å². The molecule has 1 aromatic heterocycles. The Hall–Kier alpha value is -1.61. The van der Waals surface area contributed by atoms with Crippen molar-refractivity contribution in [1.82, 2.24) is 9.88 Å². The number of nitrogens with zero attached hydrogens (tertiary/aromatic N) is 2. The first-order valence-corrected chi connectivity index (χ1v) is 6.44. The minimum Gasteiger partial charge on any atom is -0.338 e. The van der Waals surface area contributed by atoms with Gasteiger partial charge in [0.2, 0.25) is 5.91 Å². The third-order valence-corrected chi connectivity index (χ3v) is 3.61. The van der Waals surface area contributed by atoms with E-state index in [1.165, 1.54) is 0 Å². The van der Waals surface area contributed by atoms with Crippen molar-refractivity contribution in [2.75, 3.05) is 6.54 Å². The lowest BCUT2D eigenvalue weighted by atomic mass is 10.1. The molecule has 92 valence electrons. The molecular formula is C14H13ClN2O. The van der Waals surface area contributed by atoms with E-state index in [0.717, 1.165) is 29.4 Å². The van der Waals surface area contributed by atoms with Gasteiger partial charge >= 0.3 is 0 Å². The first-order chi connectivity index (χ1) is 8.74. The number of aromatic nitrogens is 1. The number of fused-ring (bicyclic) bond motifs is 1. The number of pyridine rings is 1. The zero-order valence-corrected chi connectivity index (χ0v) is 10.7. The van der Waals surface area contributed by atoms with Crippen LogP contribution in [0.15, 0.2) is 30.3 Å². The third-order valence-electron chi connectivity index (χ3n) is 3.28. The molecule has 0 atom stereocenters. The van der Waals surface area contributed by atoms with Crippen molar-refractivity contribution >= 4 is 28.4 Å². The van der Waals surface area contributed by atoms with E-state index in [9.17, 15) is 4.79 Å². The Morgan fingerprint density at radius 1 is 1.33 bits per heavy atom. The van der Waals surface area contributed by atoms with Crippen molar-refractivity contribution in [3.05, 3.63) is 41.0 Å². The number of hydrogen-bond acceptors (Lipinski definition) is 2. The van der Waals surface area contributed by atoms with Crippen LogP contribution in [0.4, 0.5) is 0 Å². The van der Waals surface area contributed by atoms with Gasteiger partial charge in [0.25, 0.3) is 0 Å². The maximum Gasteiger partial charge on any atom is 0.222 e. The lowest BCUT2D eigenvalue weighted by Gasteiger charge is -2.16. The summed E-state index contributed by atoms with van der Waals surface area (Å²) in [7, 11) is 0. The molecular weight excluding hydrogens is 248 g/mol. The first-order valence-electron chi connectivity index (χ1n) is 6.06. The Kier molecular flexibility index (Phi) is 2.92. The van der Waals surface area contributed by atoms with Crippen LogP contribution in [0, 0.1) is 0 Å². The van der Waals surface area contributed by atoms with Crippen LogP contribution in [0.25, 0.3) is 10.9 Å². The number of halogens is 1. The standard InChI is InChI=1S/C14H13ClN2O/c15-14-11(9-17-7-3-6-13(17)18)8-10-4-1-2-5-12(10)16-14/h1-2,4-5,8H,3,6-7,9H2. The molecule has 1 saturated heterocycles. The molecule has 4 heteroatoms. The number of amides is 1. The molecule has 2 aromatic rings. The number of benzene rings is 1. The summed E-state index contributed by atoms with van der Waals surface area (Å²) in [5.74, 6) is 0.208. The van der Waals surface area contributed by atoms with E-state index >= 15 is 0 Å². The molecule has 18 heavy (non-hydrogen) atoms. The molecule has 0 aliphatic carbocycles. The molecule has 1 aliphatic rings. The quantitative estimate of drug-likeness (QED) is 0.778. The average molecular weight is 261 g/mol. The molecule has 2 heterocycles. The average Bonchev–Trinajstić information content (AvgIpc) is 2.76. The Labute approximate surface area is 110 Å². The maximum atomic E-state index is 11.6. The molecule has 3 rings (SSSR count). The summed E-state index contributed by atoms with van der Waals surface area (Å²) < 4.78 is 0. The number of carbonyl (C=O) groups is 1. The number of likely N-dealkylation sites (tertiary alicyclic amines) is 1. The molecule has 0 unspecified atom stereocenters. The fourth-order valence-electron chi connectivity index (χ4n) is 2.32. The molecule has 1 aliphatic heterocycles. The van der Waals surface area contributed by atoms with Gasteiger partial charge in [-0.2, -0.15) is 0 Å². The van der Waals surface area contributed by atoms with Gasteiger partial charge in [-0.3, -0.25) is 4.79 Å². The number of carbonyl (C=O) groups excluding carboxylic acids is 1. The van der Waals surface area contributed by atoms with E-state index < -0.39 is 0 Å². The van der Waals surface area contributed by atoms with Crippen LogP contribution in [0.1, 0.15) is 18.4 Å². The molecule has 1 fully saturated rings. The molecule has 0 saturated carbocycles. The summed E-state index contributed by atoms with van der Waals surface area (Å²) in [6, 6.07) is 9.88. The summed E-state index contributed by atoms with van der Waals surface area (Å²) in [4.78, 5) is 17.8. The minimum atomic E-state index is 0.208. The second-order valence-corrected chi connectivity index (χ2v) is 4.91. The van der Waals surface area contributed by atoms with Crippen molar-refractivity contribution in [3.8, 4) is 0 Å². The van der Waals surface area contributed by atoms with Gasteiger partial charge in [0, 0.05) is 30.5 Å². The Morgan fingerprint density at radius 2 is 2.17 bits per heavy atom. The monoisotopic (exact) mass is 260 g/mol. The molecule has 0 radical (unpaired) electrons. The van der Waals surface area contributed by atoms with Crippen LogP contribution >= 0.6 is 11.6 Å². The van der Waals surface area contributed by atoms with Crippen LogP contribution in [0.2, 0.25) is 5.15 Å². The summed E-state index contributed by atoms with van der Waals surface area (Å²) in [6.07, 6.45) is 1.59. The second-order valence-electron chi connectivity index (χ2n) is 4.55. The lowest BCUT2D eigenvalue weighted by molar-refractivity contribution is -0.128. The fourth-order valence-corrected chi connectivity index (χ4v) is 2.53. The largest absolute Gasteiger partial charge is 0.338 e. The Morgan fingerprint density at radius 3 is 2.94 bits per heavy atom. The topological polar surface area (TPSA) is 33.2 Å². The first kappa shape index (κ1) is 11.5. The third kappa shape index (κ3) is 2.06. The van der Waals surface area contributed by atoms with E-state index in [4.69, 9.17) is 11.6 Å². The maximum absolute atomic E-state index is 11.6. The van der Waals surface area contributed by atoms with Crippen LogP contribution < -0.4 is 0 Å². The number of para-hydroxylation sites is 1. The highest BCUT2D eigenvalue weighted by Gasteiger charge is 2.21. The summed E-state index contributed by atoms with van der Waals surface area (Å²) in [5, 5.41) is 1.55. The molecule has 1 aromatic carbocycles. The van der Waals surface area contributed by atoms with E-state index in [1.54, 1.807) is 0 Å². The highest BCUT2D eigenvalue weighted by molar-refractivity contribution is 6.30. The zero-order chi connectivity index (χ0) is 12.5. The summed E-state index contributed by atoms with van der Waals surface area (Å²) in [6.45, 7) is 1.39. The molecule has 0 spiro atoms. The van der Waals surface area contributed by atoms with Crippen LogP contribution in [0.3, 0.4) is 0 Å². The highest BCUT2D eigenvalue weighted by atomic mass is 35.5. The van der Waals surface area contributed by atoms with Crippen molar-refractivity contribution in [2.45, 2.75) is 19.4 Å². The van der Waals surface area contributed by atoms with Gasteiger partial charge in [0.1, 0.15) is 5.15 Å². The molecule has 0 bridgehead atoms. The van der Waals surface area contributed by atoms with Gasteiger partial charge < -0.3 is 4.90 Å².